The molecule has 1 fully saturated rings. The average Bonchev–Trinajstić information content (AvgIpc) is 3.07. The minimum absolute atomic E-state index is 0.206. The molecule has 23 heavy (non-hydrogen) atoms. The summed E-state index contributed by atoms with van der Waals surface area (Å²) in [6, 6.07) is 0.534. The molecule has 0 amide bonds. The number of nitrogens with zero attached hydrogens (tertiary/aromatic N) is 4. The highest BCUT2D eigenvalue weighted by Crippen LogP contribution is 2.33. The average molecular weight is 337 g/mol. The Morgan fingerprint density at radius 2 is 2.13 bits per heavy atom. The molecule has 0 bridgehead atoms. The Labute approximate surface area is 136 Å². The summed E-state index contributed by atoms with van der Waals surface area (Å²) in [6.45, 7) is 4.95. The molecule has 0 aliphatic heterocycles. The Morgan fingerprint density at radius 1 is 1.35 bits per heavy atom. The molecule has 1 aliphatic carbocycles. The molecule has 2 aromatic heterocycles. The lowest BCUT2D eigenvalue weighted by Gasteiger charge is -2.29. The van der Waals surface area contributed by atoms with Crippen molar-refractivity contribution in [3.8, 4) is 0 Å². The van der Waals surface area contributed by atoms with Gasteiger partial charge in [0.25, 0.3) is 0 Å². The number of nitrogens with one attached hydrogen (secondary N) is 1. The third-order valence-corrected chi connectivity index (χ3v) is 5.80. The number of hydrogen-bond acceptors (Lipinski definition) is 4. The lowest BCUT2D eigenvalue weighted by Crippen LogP contribution is -2.27. The van der Waals surface area contributed by atoms with E-state index in [9.17, 15) is 8.42 Å². The largest absolute Gasteiger partial charge is 0.329 e. The number of imidazole rings is 1. The highest BCUT2D eigenvalue weighted by Gasteiger charge is 2.23. The van der Waals surface area contributed by atoms with Crippen molar-refractivity contribution in [3.05, 3.63) is 30.1 Å². The van der Waals surface area contributed by atoms with Crippen LogP contribution in [0.3, 0.4) is 0 Å². The quantitative estimate of drug-likeness (QED) is 0.833. The van der Waals surface area contributed by atoms with Crippen LogP contribution in [0.5, 0.6) is 0 Å². The van der Waals surface area contributed by atoms with E-state index in [2.05, 4.69) is 26.3 Å². The van der Waals surface area contributed by atoms with Crippen LogP contribution in [0.25, 0.3) is 0 Å². The molecule has 7 nitrogen and oxygen atoms in total. The normalized spacial score (nSPS) is 15.7. The van der Waals surface area contributed by atoms with E-state index in [4.69, 9.17) is 0 Å². The summed E-state index contributed by atoms with van der Waals surface area (Å²) < 4.78 is 31.0. The summed E-state index contributed by atoms with van der Waals surface area (Å²) in [5, 5.41) is 4.01. The van der Waals surface area contributed by atoms with Crippen LogP contribution >= 0.6 is 0 Å². The van der Waals surface area contributed by atoms with Gasteiger partial charge in [0.15, 0.2) is 0 Å². The molecule has 0 radical (unpaired) electrons. The van der Waals surface area contributed by atoms with E-state index in [-0.39, 0.29) is 4.90 Å². The predicted octanol–water partition coefficient (Wildman–Crippen LogP) is 1.65. The maximum atomic E-state index is 12.3. The van der Waals surface area contributed by atoms with Crippen LogP contribution in [0, 0.1) is 6.92 Å². The number of aromatic nitrogens is 4. The van der Waals surface area contributed by atoms with Crippen LogP contribution in [0.15, 0.2) is 23.5 Å². The van der Waals surface area contributed by atoms with Gasteiger partial charge in [-0.05, 0) is 33.1 Å². The third-order valence-electron chi connectivity index (χ3n) is 4.38. The second-order valence-electron chi connectivity index (χ2n) is 5.95. The lowest BCUT2D eigenvalue weighted by molar-refractivity contribution is 0.302. The van der Waals surface area contributed by atoms with E-state index in [0.717, 1.165) is 11.5 Å². The molecule has 1 saturated carbocycles. The van der Waals surface area contributed by atoms with Gasteiger partial charge in [-0.1, -0.05) is 0 Å². The molecule has 8 heteroatoms. The summed E-state index contributed by atoms with van der Waals surface area (Å²) in [5.41, 5.74) is 1.15. The van der Waals surface area contributed by atoms with Crippen LogP contribution in [-0.2, 0) is 23.0 Å². The van der Waals surface area contributed by atoms with Crippen molar-refractivity contribution in [3.63, 3.8) is 0 Å². The van der Waals surface area contributed by atoms with Gasteiger partial charge >= 0.3 is 0 Å². The van der Waals surface area contributed by atoms with Crippen molar-refractivity contribution in [1.29, 1.82) is 0 Å². The first-order chi connectivity index (χ1) is 11.0. The van der Waals surface area contributed by atoms with Crippen molar-refractivity contribution < 1.29 is 8.42 Å². The molecule has 2 aromatic rings. The molecule has 3 rings (SSSR count). The number of rotatable bonds is 7. The molecule has 0 aromatic carbocycles. The number of sulfonamides is 1. The van der Waals surface area contributed by atoms with E-state index in [1.54, 1.807) is 10.9 Å². The fourth-order valence-corrected chi connectivity index (χ4v) is 3.85. The van der Waals surface area contributed by atoms with Gasteiger partial charge in [-0.15, -0.1) is 0 Å². The molecular weight excluding hydrogens is 314 g/mol. The first kappa shape index (κ1) is 16.2. The van der Waals surface area contributed by atoms with Gasteiger partial charge in [0.2, 0.25) is 10.0 Å². The van der Waals surface area contributed by atoms with Crippen molar-refractivity contribution in [2.45, 2.75) is 57.0 Å². The van der Waals surface area contributed by atoms with Gasteiger partial charge in [0, 0.05) is 43.6 Å². The van der Waals surface area contributed by atoms with Crippen LogP contribution in [0.4, 0.5) is 0 Å². The van der Waals surface area contributed by atoms with Gasteiger partial charge in [-0.2, -0.15) is 5.10 Å². The highest BCUT2D eigenvalue weighted by molar-refractivity contribution is 7.89. The number of aryl methyl sites for hydroxylation is 2. The zero-order valence-electron chi connectivity index (χ0n) is 13.6. The van der Waals surface area contributed by atoms with Crippen LogP contribution in [0.2, 0.25) is 0 Å². The second-order valence-corrected chi connectivity index (χ2v) is 7.72. The van der Waals surface area contributed by atoms with E-state index in [1.165, 1.54) is 25.5 Å². The third kappa shape index (κ3) is 3.32. The Kier molecular flexibility index (Phi) is 4.54. The first-order valence-corrected chi connectivity index (χ1v) is 9.54. The Hall–Kier alpha value is -1.67. The highest BCUT2D eigenvalue weighted by atomic mass is 32.2. The fourth-order valence-electron chi connectivity index (χ4n) is 2.86. The molecule has 1 aliphatic rings. The van der Waals surface area contributed by atoms with E-state index >= 15 is 0 Å². The van der Waals surface area contributed by atoms with Gasteiger partial charge in [-0.3, -0.25) is 4.68 Å². The Balaban J connectivity index is 1.63. The maximum Gasteiger partial charge on any atom is 0.243 e. The standard InChI is InChI=1S/C15H23N5O2S/c1-3-19-11-14(10-17-19)23(21,22)18-8-7-15-16-9-12(2)20(15)13-5-4-6-13/h9-11,13,18H,3-8H2,1-2H3. The Bertz CT molecular complexity index is 774. The SMILES string of the molecule is CCn1cc(S(=O)(=O)NCCc2ncc(C)n2C2CCC2)cn1. The molecule has 126 valence electrons. The van der Waals surface area contributed by atoms with Crippen molar-refractivity contribution >= 4 is 10.0 Å². The van der Waals surface area contributed by atoms with Gasteiger partial charge in [0.05, 0.1) is 6.20 Å². The predicted molar refractivity (Wildman–Crippen MR) is 86.6 cm³/mol. The topological polar surface area (TPSA) is 81.8 Å². The van der Waals surface area contributed by atoms with E-state index in [0.29, 0.717) is 25.6 Å². The molecule has 0 spiro atoms. The summed E-state index contributed by atoms with van der Waals surface area (Å²) in [5.74, 6) is 0.958. The summed E-state index contributed by atoms with van der Waals surface area (Å²) in [4.78, 5) is 4.65. The smallest absolute Gasteiger partial charge is 0.243 e. The van der Waals surface area contributed by atoms with Crippen molar-refractivity contribution in [1.82, 2.24) is 24.1 Å². The maximum absolute atomic E-state index is 12.3. The monoisotopic (exact) mass is 337 g/mol. The molecule has 0 atom stereocenters. The second kappa shape index (κ2) is 6.45. The van der Waals surface area contributed by atoms with Gasteiger partial charge in [-0.25, -0.2) is 18.1 Å². The Morgan fingerprint density at radius 3 is 2.74 bits per heavy atom. The van der Waals surface area contributed by atoms with Crippen molar-refractivity contribution in [2.75, 3.05) is 6.54 Å². The lowest BCUT2D eigenvalue weighted by atomic mass is 9.92. The zero-order chi connectivity index (χ0) is 16.4. The molecule has 2 heterocycles. The van der Waals surface area contributed by atoms with Crippen LogP contribution < -0.4 is 4.72 Å². The minimum atomic E-state index is -3.51. The van der Waals surface area contributed by atoms with Crippen molar-refractivity contribution in [2.24, 2.45) is 0 Å². The summed E-state index contributed by atoms with van der Waals surface area (Å²) in [6.07, 6.45) is 9.01. The fraction of sp³-hybridized carbons (Fsp3) is 0.600. The minimum Gasteiger partial charge on any atom is -0.329 e. The summed E-state index contributed by atoms with van der Waals surface area (Å²) in [7, 11) is -3.51. The van der Waals surface area contributed by atoms with Gasteiger partial charge in [0.1, 0.15) is 10.7 Å². The van der Waals surface area contributed by atoms with Crippen LogP contribution in [-0.4, -0.2) is 34.3 Å². The van der Waals surface area contributed by atoms with Gasteiger partial charge < -0.3 is 4.57 Å². The first-order valence-electron chi connectivity index (χ1n) is 8.06. The van der Waals surface area contributed by atoms with Crippen LogP contribution in [0.1, 0.15) is 43.7 Å². The molecule has 0 unspecified atom stereocenters. The molecule has 1 N–H and O–H groups in total. The molecule has 0 saturated heterocycles. The molecular formula is C15H23N5O2S. The zero-order valence-corrected chi connectivity index (χ0v) is 14.4. The van der Waals surface area contributed by atoms with E-state index in [1.807, 2.05) is 13.1 Å². The van der Waals surface area contributed by atoms with E-state index < -0.39 is 10.0 Å². The summed E-state index contributed by atoms with van der Waals surface area (Å²) >= 11 is 0. The number of hydrogen-bond donors (Lipinski definition) is 1.